The average Bonchev–Trinajstić information content (AvgIpc) is 3.16. The van der Waals surface area contributed by atoms with Gasteiger partial charge in [0.2, 0.25) is 4.96 Å². The molecule has 130 valence electrons. The van der Waals surface area contributed by atoms with Crippen LogP contribution in [0.25, 0.3) is 16.2 Å². The zero-order valence-electron chi connectivity index (χ0n) is 14.2. The minimum atomic E-state index is -0.246. The summed E-state index contributed by atoms with van der Waals surface area (Å²) < 4.78 is 2.51. The SMILES string of the molecule is Cc1ccc(-c2csc3nc(NC(=O)c4ccccc4Br)nn23)c(C)c1. The lowest BCUT2D eigenvalue weighted by Gasteiger charge is -2.05. The second-order valence-electron chi connectivity index (χ2n) is 6.00. The second kappa shape index (κ2) is 6.66. The summed E-state index contributed by atoms with van der Waals surface area (Å²) in [6.45, 7) is 4.16. The van der Waals surface area contributed by atoms with Crippen LogP contribution in [-0.4, -0.2) is 20.5 Å². The van der Waals surface area contributed by atoms with Gasteiger partial charge in [-0.15, -0.1) is 16.4 Å². The van der Waals surface area contributed by atoms with Gasteiger partial charge in [-0.25, -0.2) is 4.52 Å². The molecule has 0 aliphatic heterocycles. The van der Waals surface area contributed by atoms with Gasteiger partial charge in [0.25, 0.3) is 11.9 Å². The molecule has 0 bridgehead atoms. The first-order chi connectivity index (χ1) is 12.5. The maximum atomic E-state index is 12.5. The van der Waals surface area contributed by atoms with Crippen LogP contribution in [0.5, 0.6) is 0 Å². The van der Waals surface area contributed by atoms with Crippen LogP contribution in [0.3, 0.4) is 0 Å². The number of amides is 1. The predicted molar refractivity (Wildman–Crippen MR) is 108 cm³/mol. The Hall–Kier alpha value is -2.51. The number of aromatic nitrogens is 3. The van der Waals surface area contributed by atoms with Crippen molar-refractivity contribution in [1.29, 1.82) is 0 Å². The van der Waals surface area contributed by atoms with Crippen LogP contribution in [0.2, 0.25) is 0 Å². The highest BCUT2D eigenvalue weighted by atomic mass is 79.9. The Morgan fingerprint density at radius 2 is 2.00 bits per heavy atom. The summed E-state index contributed by atoms with van der Waals surface area (Å²) >= 11 is 4.89. The zero-order chi connectivity index (χ0) is 18.3. The first-order valence-corrected chi connectivity index (χ1v) is 9.68. The number of hydrogen-bond donors (Lipinski definition) is 1. The molecule has 0 aliphatic carbocycles. The number of benzene rings is 2. The van der Waals surface area contributed by atoms with Crippen LogP contribution < -0.4 is 5.32 Å². The van der Waals surface area contributed by atoms with Crippen molar-refractivity contribution in [3.8, 4) is 11.3 Å². The first kappa shape index (κ1) is 16.9. The summed E-state index contributed by atoms with van der Waals surface area (Å²) in [5, 5.41) is 9.28. The zero-order valence-corrected chi connectivity index (χ0v) is 16.6. The van der Waals surface area contributed by atoms with E-state index in [0.717, 1.165) is 20.7 Å². The van der Waals surface area contributed by atoms with Gasteiger partial charge >= 0.3 is 0 Å². The quantitative estimate of drug-likeness (QED) is 0.496. The van der Waals surface area contributed by atoms with E-state index < -0.39 is 0 Å². The highest BCUT2D eigenvalue weighted by Gasteiger charge is 2.16. The van der Waals surface area contributed by atoms with E-state index in [4.69, 9.17) is 0 Å². The van der Waals surface area contributed by atoms with E-state index in [1.54, 1.807) is 10.6 Å². The summed E-state index contributed by atoms with van der Waals surface area (Å²) in [5.41, 5.74) is 5.02. The van der Waals surface area contributed by atoms with Gasteiger partial charge in [-0.05, 0) is 47.5 Å². The average molecular weight is 427 g/mol. The van der Waals surface area contributed by atoms with E-state index >= 15 is 0 Å². The smallest absolute Gasteiger partial charge is 0.259 e. The van der Waals surface area contributed by atoms with Crippen LogP contribution in [-0.2, 0) is 0 Å². The Labute approximate surface area is 162 Å². The van der Waals surface area contributed by atoms with E-state index in [2.05, 4.69) is 63.4 Å². The molecular formula is C19H15BrN4OS. The molecule has 0 atom stereocenters. The van der Waals surface area contributed by atoms with Crippen LogP contribution in [0.4, 0.5) is 5.95 Å². The molecule has 0 saturated carbocycles. The number of rotatable bonds is 3. The van der Waals surface area contributed by atoms with Gasteiger partial charge in [0.15, 0.2) is 0 Å². The summed E-state index contributed by atoms with van der Waals surface area (Å²) in [6.07, 6.45) is 0. The van der Waals surface area contributed by atoms with Crippen LogP contribution in [0.15, 0.2) is 52.3 Å². The van der Waals surface area contributed by atoms with Gasteiger partial charge in [0.05, 0.1) is 11.3 Å². The largest absolute Gasteiger partial charge is 0.289 e. The lowest BCUT2D eigenvalue weighted by molar-refractivity contribution is 0.102. The van der Waals surface area contributed by atoms with Crippen molar-refractivity contribution in [2.45, 2.75) is 13.8 Å². The van der Waals surface area contributed by atoms with Gasteiger partial charge < -0.3 is 0 Å². The number of carbonyl (C=O) groups excluding carboxylic acids is 1. The van der Waals surface area contributed by atoms with Crippen LogP contribution >= 0.6 is 27.3 Å². The van der Waals surface area contributed by atoms with Gasteiger partial charge in [-0.2, -0.15) is 4.98 Å². The number of aryl methyl sites for hydroxylation is 2. The fourth-order valence-corrected chi connectivity index (χ4v) is 4.12. The van der Waals surface area contributed by atoms with Gasteiger partial charge in [-0.3, -0.25) is 10.1 Å². The molecule has 2 aromatic carbocycles. The van der Waals surface area contributed by atoms with Gasteiger partial charge in [0, 0.05) is 15.4 Å². The first-order valence-electron chi connectivity index (χ1n) is 8.01. The predicted octanol–water partition coefficient (Wildman–Crippen LogP) is 5.09. The molecule has 0 unspecified atom stereocenters. The van der Waals surface area contributed by atoms with Crippen molar-refractivity contribution in [2.24, 2.45) is 0 Å². The Bertz CT molecular complexity index is 1130. The third kappa shape index (κ3) is 3.04. The Morgan fingerprint density at radius 1 is 1.19 bits per heavy atom. The minimum Gasteiger partial charge on any atom is -0.289 e. The number of nitrogens with one attached hydrogen (secondary N) is 1. The topological polar surface area (TPSA) is 59.3 Å². The summed E-state index contributed by atoms with van der Waals surface area (Å²) in [4.78, 5) is 17.6. The lowest BCUT2D eigenvalue weighted by atomic mass is 10.0. The van der Waals surface area contributed by atoms with Crippen molar-refractivity contribution in [1.82, 2.24) is 14.6 Å². The van der Waals surface area contributed by atoms with Crippen molar-refractivity contribution < 1.29 is 4.79 Å². The Kier molecular flexibility index (Phi) is 4.34. The maximum Gasteiger partial charge on any atom is 0.259 e. The molecule has 5 nitrogen and oxygen atoms in total. The number of carbonyl (C=O) groups is 1. The molecule has 26 heavy (non-hydrogen) atoms. The third-order valence-corrected chi connectivity index (χ3v) is 5.59. The number of anilines is 1. The molecule has 2 heterocycles. The number of halogens is 1. The number of hydrogen-bond acceptors (Lipinski definition) is 4. The van der Waals surface area contributed by atoms with Crippen LogP contribution in [0, 0.1) is 13.8 Å². The Morgan fingerprint density at radius 3 is 2.77 bits per heavy atom. The normalized spacial score (nSPS) is 11.0. The summed E-state index contributed by atoms with van der Waals surface area (Å²) in [7, 11) is 0. The molecule has 0 aliphatic rings. The molecule has 1 amide bonds. The molecule has 4 aromatic rings. The molecule has 0 saturated heterocycles. The van der Waals surface area contributed by atoms with E-state index in [1.165, 1.54) is 22.5 Å². The monoisotopic (exact) mass is 426 g/mol. The third-order valence-electron chi connectivity index (χ3n) is 4.08. The Balaban J connectivity index is 1.68. The highest BCUT2D eigenvalue weighted by molar-refractivity contribution is 9.10. The standard InChI is InChI=1S/C19H15BrN4OS/c1-11-7-8-13(12(2)9-11)16-10-26-19-22-18(23-24(16)19)21-17(25)14-5-3-4-6-15(14)20/h3-10H,1-2H3,(H,21,23,25). The molecule has 2 aromatic heterocycles. The number of nitrogens with zero attached hydrogens (tertiary/aromatic N) is 3. The fourth-order valence-electron chi connectivity index (χ4n) is 2.84. The summed E-state index contributed by atoms with van der Waals surface area (Å²) in [5.74, 6) is 0.0485. The van der Waals surface area contributed by atoms with Crippen molar-refractivity contribution >= 4 is 44.1 Å². The maximum absolute atomic E-state index is 12.5. The minimum absolute atomic E-state index is 0.246. The van der Waals surface area contributed by atoms with Crippen molar-refractivity contribution in [3.63, 3.8) is 0 Å². The molecule has 1 N–H and O–H groups in total. The second-order valence-corrected chi connectivity index (χ2v) is 7.69. The van der Waals surface area contributed by atoms with Gasteiger partial charge in [-0.1, -0.05) is 35.9 Å². The number of thiazole rings is 1. The molecular weight excluding hydrogens is 412 g/mol. The molecule has 0 spiro atoms. The molecule has 0 radical (unpaired) electrons. The fraction of sp³-hybridized carbons (Fsp3) is 0.105. The molecule has 4 rings (SSSR count). The summed E-state index contributed by atoms with van der Waals surface area (Å²) in [6, 6.07) is 13.6. The van der Waals surface area contributed by atoms with E-state index in [9.17, 15) is 4.79 Å². The van der Waals surface area contributed by atoms with E-state index in [0.29, 0.717) is 11.5 Å². The number of fused-ring (bicyclic) bond motifs is 1. The van der Waals surface area contributed by atoms with Gasteiger partial charge in [0.1, 0.15) is 0 Å². The van der Waals surface area contributed by atoms with Crippen molar-refractivity contribution in [2.75, 3.05) is 5.32 Å². The molecule has 7 heteroatoms. The van der Waals surface area contributed by atoms with E-state index in [-0.39, 0.29) is 5.91 Å². The van der Waals surface area contributed by atoms with E-state index in [1.807, 2.05) is 23.6 Å². The highest BCUT2D eigenvalue weighted by Crippen LogP contribution is 2.29. The molecule has 0 fully saturated rings. The lowest BCUT2D eigenvalue weighted by Crippen LogP contribution is -2.13. The van der Waals surface area contributed by atoms with Crippen molar-refractivity contribution in [3.05, 3.63) is 69.0 Å². The van der Waals surface area contributed by atoms with Crippen LogP contribution in [0.1, 0.15) is 21.5 Å².